The Bertz CT molecular complexity index is 497. The van der Waals surface area contributed by atoms with Crippen LogP contribution in [0.25, 0.3) is 10.9 Å². The first kappa shape index (κ1) is 9.58. The lowest BCUT2D eigenvalue weighted by Crippen LogP contribution is -1.95. The van der Waals surface area contributed by atoms with Crippen molar-refractivity contribution in [3.8, 4) is 5.75 Å². The molecule has 4 heteroatoms. The maximum absolute atomic E-state index is 10.3. The van der Waals surface area contributed by atoms with Crippen molar-refractivity contribution in [2.24, 2.45) is 0 Å². The van der Waals surface area contributed by atoms with Crippen molar-refractivity contribution >= 4 is 17.2 Å². The largest absolute Gasteiger partial charge is 0.497 e. The molecule has 15 heavy (non-hydrogen) atoms. The lowest BCUT2D eigenvalue weighted by molar-refractivity contribution is -0.107. The van der Waals surface area contributed by atoms with Gasteiger partial charge in [-0.3, -0.25) is 0 Å². The molecule has 2 aromatic rings. The highest BCUT2D eigenvalue weighted by molar-refractivity contribution is 5.79. The summed E-state index contributed by atoms with van der Waals surface area (Å²) in [5.41, 5.74) is 0.822. The van der Waals surface area contributed by atoms with Crippen LogP contribution in [-0.2, 0) is 11.2 Å². The molecular weight excluding hydrogens is 192 g/mol. The summed E-state index contributed by atoms with van der Waals surface area (Å²) >= 11 is 0. The van der Waals surface area contributed by atoms with E-state index in [1.54, 1.807) is 13.3 Å². The van der Waals surface area contributed by atoms with E-state index in [9.17, 15) is 4.79 Å². The number of carbonyl (C=O) groups is 1. The van der Waals surface area contributed by atoms with Crippen LogP contribution in [0, 0.1) is 0 Å². The van der Waals surface area contributed by atoms with Crippen molar-refractivity contribution in [2.75, 3.05) is 7.11 Å². The fourth-order valence-electron chi connectivity index (χ4n) is 1.35. The first-order chi connectivity index (χ1) is 7.33. The van der Waals surface area contributed by atoms with E-state index >= 15 is 0 Å². The molecule has 76 valence electrons. The Kier molecular flexibility index (Phi) is 2.58. The highest BCUT2D eigenvalue weighted by Crippen LogP contribution is 2.18. The van der Waals surface area contributed by atoms with E-state index in [4.69, 9.17) is 4.74 Å². The van der Waals surface area contributed by atoms with E-state index in [2.05, 4.69) is 9.97 Å². The Hall–Kier alpha value is -1.97. The average molecular weight is 202 g/mol. The molecule has 0 fully saturated rings. The van der Waals surface area contributed by atoms with Crippen molar-refractivity contribution in [1.29, 1.82) is 0 Å². The molecule has 0 saturated heterocycles. The van der Waals surface area contributed by atoms with Gasteiger partial charge in [0.2, 0.25) is 0 Å². The van der Waals surface area contributed by atoms with Gasteiger partial charge in [-0.2, -0.15) is 0 Å². The van der Waals surface area contributed by atoms with Crippen molar-refractivity contribution < 1.29 is 9.53 Å². The summed E-state index contributed by atoms with van der Waals surface area (Å²) in [6.07, 6.45) is 2.75. The maximum atomic E-state index is 10.3. The van der Waals surface area contributed by atoms with Gasteiger partial charge >= 0.3 is 0 Å². The molecule has 0 bridgehead atoms. The van der Waals surface area contributed by atoms with Gasteiger partial charge in [0.15, 0.2) is 0 Å². The Morgan fingerprint density at radius 1 is 1.47 bits per heavy atom. The number of methoxy groups -OCH3 is 1. The third-order valence-corrected chi connectivity index (χ3v) is 2.10. The van der Waals surface area contributed by atoms with Crippen LogP contribution in [0.3, 0.4) is 0 Å². The summed E-state index contributed by atoms with van der Waals surface area (Å²) < 4.78 is 5.09. The molecule has 0 amide bonds. The average Bonchev–Trinajstić information content (AvgIpc) is 2.29. The zero-order valence-corrected chi connectivity index (χ0v) is 8.30. The second-order valence-electron chi connectivity index (χ2n) is 3.08. The van der Waals surface area contributed by atoms with Crippen LogP contribution < -0.4 is 4.74 Å². The van der Waals surface area contributed by atoms with Gasteiger partial charge in [-0.15, -0.1) is 0 Å². The Morgan fingerprint density at radius 3 is 3.07 bits per heavy atom. The Labute approximate surface area is 86.9 Å². The van der Waals surface area contributed by atoms with Gasteiger partial charge in [-0.05, 0) is 18.2 Å². The molecule has 0 unspecified atom stereocenters. The van der Waals surface area contributed by atoms with Gasteiger partial charge in [-0.1, -0.05) is 0 Å². The van der Waals surface area contributed by atoms with Crippen LogP contribution in [0.1, 0.15) is 5.82 Å². The van der Waals surface area contributed by atoms with E-state index in [-0.39, 0.29) is 6.42 Å². The van der Waals surface area contributed by atoms with Crippen LogP contribution in [0.5, 0.6) is 5.75 Å². The molecule has 1 aromatic carbocycles. The fraction of sp³-hybridized carbons (Fsp3) is 0.182. The minimum Gasteiger partial charge on any atom is -0.497 e. The molecule has 0 aliphatic rings. The summed E-state index contributed by atoms with van der Waals surface area (Å²) in [7, 11) is 1.61. The highest BCUT2D eigenvalue weighted by atomic mass is 16.5. The van der Waals surface area contributed by atoms with E-state index < -0.39 is 0 Å². The molecule has 0 saturated carbocycles. The van der Waals surface area contributed by atoms with Gasteiger partial charge in [0.25, 0.3) is 0 Å². The molecule has 2 rings (SSSR count). The first-order valence-corrected chi connectivity index (χ1v) is 4.57. The highest BCUT2D eigenvalue weighted by Gasteiger charge is 2.00. The number of carbonyl (C=O) groups excluding carboxylic acids is 1. The predicted octanol–water partition coefficient (Wildman–Crippen LogP) is 1.38. The predicted molar refractivity (Wildman–Crippen MR) is 55.9 cm³/mol. The van der Waals surface area contributed by atoms with E-state index in [1.165, 1.54) is 0 Å². The monoisotopic (exact) mass is 202 g/mol. The number of ether oxygens (including phenoxy) is 1. The lowest BCUT2D eigenvalue weighted by atomic mass is 10.2. The van der Waals surface area contributed by atoms with Crippen LogP contribution in [0.15, 0.2) is 24.4 Å². The van der Waals surface area contributed by atoms with Crippen molar-refractivity contribution in [1.82, 2.24) is 9.97 Å². The second kappa shape index (κ2) is 4.04. The Balaban J connectivity index is 2.49. The third-order valence-electron chi connectivity index (χ3n) is 2.10. The standard InChI is InChI=1S/C11H10N2O2/c1-15-9-2-3-10-8(6-9)7-12-11(13-10)4-5-14/h2-3,5-7H,4H2,1H3. The molecule has 4 nitrogen and oxygen atoms in total. The number of hydrogen-bond donors (Lipinski definition) is 0. The van der Waals surface area contributed by atoms with Gasteiger partial charge < -0.3 is 9.53 Å². The van der Waals surface area contributed by atoms with E-state index in [1.807, 2.05) is 18.2 Å². The van der Waals surface area contributed by atoms with Gasteiger partial charge in [0.1, 0.15) is 17.9 Å². The molecule has 0 spiro atoms. The van der Waals surface area contributed by atoms with Crippen LogP contribution >= 0.6 is 0 Å². The minimum absolute atomic E-state index is 0.252. The molecule has 0 atom stereocenters. The van der Waals surface area contributed by atoms with Crippen LogP contribution in [0.2, 0.25) is 0 Å². The van der Waals surface area contributed by atoms with Crippen molar-refractivity contribution in [2.45, 2.75) is 6.42 Å². The van der Waals surface area contributed by atoms with Crippen molar-refractivity contribution in [3.05, 3.63) is 30.2 Å². The van der Waals surface area contributed by atoms with Gasteiger partial charge in [0.05, 0.1) is 19.0 Å². The Morgan fingerprint density at radius 2 is 2.33 bits per heavy atom. The number of nitrogens with zero attached hydrogens (tertiary/aromatic N) is 2. The van der Waals surface area contributed by atoms with E-state index in [0.29, 0.717) is 5.82 Å². The normalized spacial score (nSPS) is 10.2. The molecule has 1 heterocycles. The van der Waals surface area contributed by atoms with Gasteiger partial charge in [-0.25, -0.2) is 9.97 Å². The summed E-state index contributed by atoms with van der Waals surface area (Å²) in [5, 5.41) is 0.906. The molecule has 0 aliphatic heterocycles. The molecule has 0 aliphatic carbocycles. The molecular formula is C11H10N2O2. The second-order valence-corrected chi connectivity index (χ2v) is 3.08. The summed E-state index contributed by atoms with van der Waals surface area (Å²) in [6.45, 7) is 0. The summed E-state index contributed by atoms with van der Waals surface area (Å²) in [4.78, 5) is 18.6. The van der Waals surface area contributed by atoms with Gasteiger partial charge in [0, 0.05) is 11.6 Å². The summed E-state index contributed by atoms with van der Waals surface area (Å²) in [5.74, 6) is 1.32. The summed E-state index contributed by atoms with van der Waals surface area (Å²) in [6, 6.07) is 5.55. The third kappa shape index (κ3) is 1.93. The topological polar surface area (TPSA) is 52.1 Å². The fourth-order valence-corrected chi connectivity index (χ4v) is 1.35. The maximum Gasteiger partial charge on any atom is 0.136 e. The number of fused-ring (bicyclic) bond motifs is 1. The zero-order valence-electron chi connectivity index (χ0n) is 8.30. The van der Waals surface area contributed by atoms with E-state index in [0.717, 1.165) is 22.9 Å². The number of hydrogen-bond acceptors (Lipinski definition) is 4. The first-order valence-electron chi connectivity index (χ1n) is 4.57. The molecule has 1 aromatic heterocycles. The number of aromatic nitrogens is 2. The molecule has 0 radical (unpaired) electrons. The zero-order chi connectivity index (χ0) is 10.7. The number of aldehydes is 1. The number of benzene rings is 1. The lowest BCUT2D eigenvalue weighted by Gasteiger charge is -2.02. The van der Waals surface area contributed by atoms with Crippen LogP contribution in [-0.4, -0.2) is 23.4 Å². The van der Waals surface area contributed by atoms with Crippen molar-refractivity contribution in [3.63, 3.8) is 0 Å². The van der Waals surface area contributed by atoms with Crippen LogP contribution in [0.4, 0.5) is 0 Å². The smallest absolute Gasteiger partial charge is 0.136 e. The number of rotatable bonds is 3. The SMILES string of the molecule is COc1ccc2nc(CC=O)ncc2c1. The molecule has 0 N–H and O–H groups in total. The quantitative estimate of drug-likeness (QED) is 0.705. The minimum atomic E-state index is 0.252.